The van der Waals surface area contributed by atoms with Crippen LogP contribution in [0.25, 0.3) is 11.1 Å². The van der Waals surface area contributed by atoms with Gasteiger partial charge in [0.05, 0.1) is 17.1 Å². The van der Waals surface area contributed by atoms with Crippen LogP contribution in [-0.4, -0.2) is 22.5 Å². The summed E-state index contributed by atoms with van der Waals surface area (Å²) in [5.74, 6) is -0.159. The maximum atomic E-state index is 12.8. The van der Waals surface area contributed by atoms with Gasteiger partial charge in [-0.15, -0.1) is 0 Å². The van der Waals surface area contributed by atoms with Crippen molar-refractivity contribution >= 4 is 5.91 Å². The fourth-order valence-corrected chi connectivity index (χ4v) is 3.07. The van der Waals surface area contributed by atoms with Crippen LogP contribution in [0, 0.1) is 11.3 Å². The van der Waals surface area contributed by atoms with E-state index in [1.165, 1.54) is 6.20 Å². The number of aliphatic hydroxyl groups excluding tert-OH is 1. The van der Waals surface area contributed by atoms with Crippen LogP contribution in [0.5, 0.6) is 0 Å². The lowest BCUT2D eigenvalue weighted by Gasteiger charge is -2.25. The van der Waals surface area contributed by atoms with Gasteiger partial charge in [0.25, 0.3) is 0 Å². The Balaban J connectivity index is 1.69. The highest BCUT2D eigenvalue weighted by Gasteiger charge is 2.30. The largest absolute Gasteiger partial charge is 0.387 e. The third kappa shape index (κ3) is 4.68. The number of benzene rings is 2. The number of aliphatic hydroxyl groups is 1. The van der Waals surface area contributed by atoms with Gasteiger partial charge in [0.15, 0.2) is 0 Å². The average Bonchev–Trinajstić information content (AvgIpc) is 2.77. The van der Waals surface area contributed by atoms with Crippen molar-refractivity contribution in [3.8, 4) is 17.2 Å². The number of nitriles is 1. The van der Waals surface area contributed by atoms with E-state index in [1.807, 2.05) is 68.4 Å². The van der Waals surface area contributed by atoms with Crippen molar-refractivity contribution < 1.29 is 9.90 Å². The van der Waals surface area contributed by atoms with Gasteiger partial charge in [0, 0.05) is 24.5 Å². The van der Waals surface area contributed by atoms with Crippen molar-refractivity contribution in [1.82, 2.24) is 10.3 Å². The number of nitrogens with one attached hydrogen (secondary N) is 1. The number of aromatic nitrogens is 1. The fraction of sp³-hybridized carbons (Fsp3) is 0.208. The van der Waals surface area contributed by atoms with Gasteiger partial charge in [-0.25, -0.2) is 0 Å². The molecule has 1 amide bonds. The number of pyridine rings is 1. The first kappa shape index (κ1) is 20.2. The summed E-state index contributed by atoms with van der Waals surface area (Å²) < 4.78 is 0. The molecule has 0 saturated carbocycles. The van der Waals surface area contributed by atoms with Crippen LogP contribution in [0.2, 0.25) is 0 Å². The molecule has 3 rings (SSSR count). The Labute approximate surface area is 170 Å². The number of carbonyl (C=O) groups excluding carboxylic acids is 1. The number of amides is 1. The zero-order valence-corrected chi connectivity index (χ0v) is 16.5. The predicted molar refractivity (Wildman–Crippen MR) is 112 cm³/mol. The Morgan fingerprint density at radius 2 is 1.79 bits per heavy atom. The molecule has 0 saturated heterocycles. The van der Waals surface area contributed by atoms with Gasteiger partial charge in [-0.1, -0.05) is 54.6 Å². The minimum Gasteiger partial charge on any atom is -0.387 e. The van der Waals surface area contributed by atoms with Crippen LogP contribution in [0.1, 0.15) is 36.6 Å². The minimum atomic E-state index is -0.762. The summed E-state index contributed by atoms with van der Waals surface area (Å²) in [6.07, 6.45) is 2.48. The molecular weight excluding hydrogens is 362 g/mol. The standard InChI is InChI=1S/C24H23N3O2/c1-24(2,23(29)27-16-22(28)19-6-4-3-5-7-19)21-10-8-18(9-11-21)20-12-17(13-25)14-26-15-20/h3-12,14-15,22,28H,16H2,1-2H3,(H,27,29). The summed E-state index contributed by atoms with van der Waals surface area (Å²) >= 11 is 0. The number of nitrogens with zero attached hydrogens (tertiary/aromatic N) is 2. The lowest BCUT2D eigenvalue weighted by molar-refractivity contribution is -0.126. The summed E-state index contributed by atoms with van der Waals surface area (Å²) in [5, 5.41) is 22.1. The zero-order valence-electron chi connectivity index (χ0n) is 16.5. The van der Waals surface area contributed by atoms with Gasteiger partial charge in [0.1, 0.15) is 6.07 Å². The lowest BCUT2D eigenvalue weighted by atomic mass is 9.83. The van der Waals surface area contributed by atoms with Crippen LogP contribution < -0.4 is 5.32 Å². The van der Waals surface area contributed by atoms with E-state index in [4.69, 9.17) is 5.26 Å². The summed E-state index contributed by atoms with van der Waals surface area (Å²) in [5.41, 5.74) is 3.14. The molecular formula is C24H23N3O2. The molecule has 0 bridgehead atoms. The van der Waals surface area contributed by atoms with Crippen molar-refractivity contribution in [3.63, 3.8) is 0 Å². The van der Waals surface area contributed by atoms with Gasteiger partial charge in [-0.05, 0) is 36.6 Å². The fourth-order valence-electron chi connectivity index (χ4n) is 3.07. The summed E-state index contributed by atoms with van der Waals surface area (Å²) in [4.78, 5) is 16.9. The molecule has 2 N–H and O–H groups in total. The third-order valence-electron chi connectivity index (χ3n) is 5.02. The van der Waals surface area contributed by atoms with Crippen molar-refractivity contribution in [3.05, 3.63) is 89.7 Å². The van der Waals surface area contributed by atoms with E-state index < -0.39 is 11.5 Å². The SMILES string of the molecule is CC(C)(C(=O)NCC(O)c1ccccc1)c1ccc(-c2cncc(C#N)c2)cc1. The topological polar surface area (TPSA) is 86.0 Å². The van der Waals surface area contributed by atoms with Crippen LogP contribution in [-0.2, 0) is 10.2 Å². The number of hydrogen-bond donors (Lipinski definition) is 2. The second kappa shape index (κ2) is 8.68. The highest BCUT2D eigenvalue weighted by atomic mass is 16.3. The third-order valence-corrected chi connectivity index (χ3v) is 5.02. The van der Waals surface area contributed by atoms with Crippen LogP contribution in [0.15, 0.2) is 73.1 Å². The molecule has 1 heterocycles. The number of rotatable bonds is 6. The van der Waals surface area contributed by atoms with Crippen molar-refractivity contribution in [2.75, 3.05) is 6.54 Å². The predicted octanol–water partition coefficient (Wildman–Crippen LogP) is 3.75. The maximum absolute atomic E-state index is 12.8. The molecule has 2 aromatic carbocycles. The smallest absolute Gasteiger partial charge is 0.230 e. The first-order chi connectivity index (χ1) is 13.9. The average molecular weight is 385 g/mol. The zero-order chi connectivity index (χ0) is 20.9. The Morgan fingerprint density at radius 1 is 1.10 bits per heavy atom. The second-order valence-corrected chi connectivity index (χ2v) is 7.41. The van der Waals surface area contributed by atoms with Crippen LogP contribution in [0.4, 0.5) is 0 Å². The van der Waals surface area contributed by atoms with Gasteiger partial charge in [0.2, 0.25) is 5.91 Å². The van der Waals surface area contributed by atoms with Crippen LogP contribution >= 0.6 is 0 Å². The molecule has 3 aromatic rings. The molecule has 1 aromatic heterocycles. The van der Waals surface area contributed by atoms with Crippen molar-refractivity contribution in [2.24, 2.45) is 0 Å². The quantitative estimate of drug-likeness (QED) is 0.677. The molecule has 0 spiro atoms. The van der Waals surface area contributed by atoms with Gasteiger partial charge >= 0.3 is 0 Å². The van der Waals surface area contributed by atoms with Gasteiger partial charge in [-0.3, -0.25) is 9.78 Å². The van der Waals surface area contributed by atoms with Gasteiger partial charge in [-0.2, -0.15) is 5.26 Å². The van der Waals surface area contributed by atoms with Crippen molar-refractivity contribution in [2.45, 2.75) is 25.4 Å². The molecule has 1 atom stereocenters. The maximum Gasteiger partial charge on any atom is 0.230 e. The summed E-state index contributed by atoms with van der Waals surface area (Å²) in [7, 11) is 0. The van der Waals surface area contributed by atoms with Crippen LogP contribution in [0.3, 0.4) is 0 Å². The molecule has 1 unspecified atom stereocenters. The number of carbonyl (C=O) groups is 1. The highest BCUT2D eigenvalue weighted by Crippen LogP contribution is 2.27. The second-order valence-electron chi connectivity index (χ2n) is 7.41. The van der Waals surface area contributed by atoms with E-state index >= 15 is 0 Å². The van der Waals surface area contributed by atoms with E-state index in [-0.39, 0.29) is 12.5 Å². The number of hydrogen-bond acceptors (Lipinski definition) is 4. The molecule has 0 radical (unpaired) electrons. The monoisotopic (exact) mass is 385 g/mol. The van der Waals surface area contributed by atoms with E-state index in [1.54, 1.807) is 12.3 Å². The molecule has 5 nitrogen and oxygen atoms in total. The molecule has 146 valence electrons. The Morgan fingerprint density at radius 3 is 2.45 bits per heavy atom. The Kier molecular flexibility index (Phi) is 6.06. The summed E-state index contributed by atoms with van der Waals surface area (Å²) in [6.45, 7) is 3.85. The molecule has 0 aliphatic heterocycles. The van der Waals surface area contributed by atoms with Gasteiger partial charge < -0.3 is 10.4 Å². The summed E-state index contributed by atoms with van der Waals surface area (Å²) in [6, 6.07) is 20.8. The first-order valence-corrected chi connectivity index (χ1v) is 9.39. The van der Waals surface area contributed by atoms with Crippen molar-refractivity contribution in [1.29, 1.82) is 5.26 Å². The lowest BCUT2D eigenvalue weighted by Crippen LogP contribution is -2.41. The van der Waals surface area contributed by atoms with E-state index in [0.717, 1.165) is 22.3 Å². The Hall–Kier alpha value is -3.49. The normalized spacial score (nSPS) is 12.1. The van der Waals surface area contributed by atoms with E-state index in [2.05, 4.69) is 16.4 Å². The molecule has 0 aliphatic rings. The Bertz CT molecular complexity index is 1020. The van der Waals surface area contributed by atoms with E-state index in [9.17, 15) is 9.90 Å². The minimum absolute atomic E-state index is 0.150. The molecule has 29 heavy (non-hydrogen) atoms. The molecule has 0 aliphatic carbocycles. The highest BCUT2D eigenvalue weighted by molar-refractivity contribution is 5.87. The molecule has 0 fully saturated rings. The first-order valence-electron chi connectivity index (χ1n) is 9.39. The molecule has 5 heteroatoms. The van der Waals surface area contributed by atoms with E-state index in [0.29, 0.717) is 5.56 Å².